The number of fused-ring (bicyclic) bond motifs is 1. The predicted molar refractivity (Wildman–Crippen MR) is 94.4 cm³/mol. The first-order valence-corrected chi connectivity index (χ1v) is 10.4. The maximum atomic E-state index is 15.4. The molecule has 0 spiro atoms. The minimum Gasteiger partial charge on any atom is -0.368 e. The Morgan fingerprint density at radius 1 is 1.00 bits per heavy atom. The standard InChI is InChI=1S/C21H36F2O/c1-5-15-17-11-10-16(14-8-6-13(4)7-9-14)19(23)21(17)24-20(15)18(22)12(2)3/h12-21H,5-11H2,1-4H3. The number of hydrogen-bond donors (Lipinski definition) is 0. The summed E-state index contributed by atoms with van der Waals surface area (Å²) in [4.78, 5) is 0. The molecule has 0 aromatic rings. The van der Waals surface area contributed by atoms with Crippen molar-refractivity contribution >= 4 is 0 Å². The maximum Gasteiger partial charge on any atom is 0.130 e. The summed E-state index contributed by atoms with van der Waals surface area (Å²) in [5.74, 6) is 1.82. The fourth-order valence-corrected chi connectivity index (χ4v) is 5.78. The van der Waals surface area contributed by atoms with Crippen LogP contribution < -0.4 is 0 Å². The Balaban J connectivity index is 1.70. The molecule has 2 aliphatic carbocycles. The number of ether oxygens (including phenoxy) is 1. The van der Waals surface area contributed by atoms with E-state index in [4.69, 9.17) is 4.74 Å². The average Bonchev–Trinajstić information content (AvgIpc) is 2.94. The number of alkyl halides is 2. The van der Waals surface area contributed by atoms with Crippen LogP contribution in [0.25, 0.3) is 0 Å². The molecule has 7 unspecified atom stereocenters. The lowest BCUT2D eigenvalue weighted by molar-refractivity contribution is -0.0890. The molecule has 0 amide bonds. The molecule has 2 saturated carbocycles. The quantitative estimate of drug-likeness (QED) is 0.612. The molecule has 1 heterocycles. The second-order valence-electron chi connectivity index (χ2n) is 9.20. The molecule has 0 N–H and O–H groups in total. The van der Waals surface area contributed by atoms with E-state index in [-0.39, 0.29) is 29.8 Å². The Kier molecular flexibility index (Phi) is 5.89. The van der Waals surface area contributed by atoms with E-state index in [1.165, 1.54) is 25.7 Å². The molecule has 3 heteroatoms. The van der Waals surface area contributed by atoms with E-state index in [9.17, 15) is 4.39 Å². The molecule has 0 bridgehead atoms. The van der Waals surface area contributed by atoms with Crippen LogP contribution in [0.1, 0.15) is 72.6 Å². The zero-order valence-electron chi connectivity index (χ0n) is 15.9. The predicted octanol–water partition coefficient (Wildman–Crippen LogP) is 5.96. The Bertz CT molecular complexity index is 405. The molecule has 24 heavy (non-hydrogen) atoms. The van der Waals surface area contributed by atoms with Gasteiger partial charge in [0.2, 0.25) is 0 Å². The normalized spacial score (nSPS) is 47.6. The van der Waals surface area contributed by atoms with Gasteiger partial charge in [0.15, 0.2) is 0 Å². The molecular formula is C21H36F2O. The summed E-state index contributed by atoms with van der Waals surface area (Å²) in [5, 5.41) is 0. The van der Waals surface area contributed by atoms with Crippen molar-refractivity contribution in [3.8, 4) is 0 Å². The first-order chi connectivity index (χ1) is 11.4. The van der Waals surface area contributed by atoms with Crippen LogP contribution in [0.2, 0.25) is 0 Å². The zero-order chi connectivity index (χ0) is 17.4. The van der Waals surface area contributed by atoms with Crippen molar-refractivity contribution in [2.24, 2.45) is 35.5 Å². The highest BCUT2D eigenvalue weighted by Gasteiger charge is 2.54. The summed E-state index contributed by atoms with van der Waals surface area (Å²) in [7, 11) is 0. The fourth-order valence-electron chi connectivity index (χ4n) is 5.78. The van der Waals surface area contributed by atoms with Crippen molar-refractivity contribution in [1.29, 1.82) is 0 Å². The second-order valence-corrected chi connectivity index (χ2v) is 9.20. The van der Waals surface area contributed by atoms with Crippen LogP contribution in [0.3, 0.4) is 0 Å². The van der Waals surface area contributed by atoms with E-state index in [1.54, 1.807) is 0 Å². The van der Waals surface area contributed by atoms with Crippen LogP contribution >= 0.6 is 0 Å². The molecule has 3 rings (SSSR count). The molecule has 1 saturated heterocycles. The molecule has 0 aromatic carbocycles. The molecule has 140 valence electrons. The average molecular weight is 343 g/mol. The number of hydrogen-bond acceptors (Lipinski definition) is 1. The highest BCUT2D eigenvalue weighted by molar-refractivity contribution is 5.02. The van der Waals surface area contributed by atoms with Gasteiger partial charge in [-0.1, -0.05) is 47.0 Å². The summed E-state index contributed by atoms with van der Waals surface area (Å²) in [6, 6.07) is 0. The number of halogens is 2. The van der Waals surface area contributed by atoms with Gasteiger partial charge in [-0.25, -0.2) is 8.78 Å². The minimum atomic E-state index is -0.971. The lowest BCUT2D eigenvalue weighted by Gasteiger charge is -2.41. The molecule has 3 fully saturated rings. The van der Waals surface area contributed by atoms with E-state index in [0.29, 0.717) is 5.92 Å². The van der Waals surface area contributed by atoms with Crippen LogP contribution in [0.5, 0.6) is 0 Å². The summed E-state index contributed by atoms with van der Waals surface area (Å²) in [6.07, 6.45) is 5.12. The monoisotopic (exact) mass is 342 g/mol. The van der Waals surface area contributed by atoms with Gasteiger partial charge in [0, 0.05) is 0 Å². The highest BCUT2D eigenvalue weighted by Crippen LogP contribution is 2.51. The molecule has 1 nitrogen and oxygen atoms in total. The molecule has 3 aliphatic rings. The van der Waals surface area contributed by atoms with Crippen molar-refractivity contribution < 1.29 is 13.5 Å². The smallest absolute Gasteiger partial charge is 0.130 e. The summed E-state index contributed by atoms with van der Waals surface area (Å²) >= 11 is 0. The Hall–Kier alpha value is -0.180. The third-order valence-electron chi connectivity index (χ3n) is 7.35. The minimum absolute atomic E-state index is 0.0575. The van der Waals surface area contributed by atoms with Crippen molar-refractivity contribution in [2.75, 3.05) is 0 Å². The van der Waals surface area contributed by atoms with Crippen molar-refractivity contribution in [2.45, 2.75) is 97.2 Å². The van der Waals surface area contributed by atoms with E-state index < -0.39 is 18.4 Å². The van der Waals surface area contributed by atoms with Gasteiger partial charge in [-0.3, -0.25) is 0 Å². The van der Waals surface area contributed by atoms with Crippen LogP contribution in [0.4, 0.5) is 8.78 Å². The third kappa shape index (κ3) is 3.39. The zero-order valence-corrected chi connectivity index (χ0v) is 15.9. The van der Waals surface area contributed by atoms with Gasteiger partial charge >= 0.3 is 0 Å². The first-order valence-electron chi connectivity index (χ1n) is 10.4. The van der Waals surface area contributed by atoms with E-state index in [2.05, 4.69) is 13.8 Å². The van der Waals surface area contributed by atoms with E-state index >= 15 is 4.39 Å². The molecule has 0 aromatic heterocycles. The Morgan fingerprint density at radius 3 is 2.21 bits per heavy atom. The summed E-state index contributed by atoms with van der Waals surface area (Å²) in [5.41, 5.74) is 0. The first kappa shape index (κ1) is 18.6. The van der Waals surface area contributed by atoms with Gasteiger partial charge in [-0.05, 0) is 61.2 Å². The van der Waals surface area contributed by atoms with Crippen molar-refractivity contribution in [3.05, 3.63) is 0 Å². The molecule has 7 atom stereocenters. The van der Waals surface area contributed by atoms with Gasteiger partial charge in [-0.15, -0.1) is 0 Å². The van der Waals surface area contributed by atoms with Crippen molar-refractivity contribution in [1.82, 2.24) is 0 Å². The second kappa shape index (κ2) is 7.60. The largest absolute Gasteiger partial charge is 0.368 e. The molecule has 1 aliphatic heterocycles. The van der Waals surface area contributed by atoms with Gasteiger partial charge in [-0.2, -0.15) is 0 Å². The maximum absolute atomic E-state index is 15.4. The topological polar surface area (TPSA) is 9.23 Å². The van der Waals surface area contributed by atoms with Crippen LogP contribution in [-0.4, -0.2) is 24.6 Å². The lowest BCUT2D eigenvalue weighted by atomic mass is 9.65. The van der Waals surface area contributed by atoms with Crippen LogP contribution in [0, 0.1) is 35.5 Å². The van der Waals surface area contributed by atoms with Gasteiger partial charge in [0.25, 0.3) is 0 Å². The molecule has 0 radical (unpaired) electrons. The van der Waals surface area contributed by atoms with Gasteiger partial charge in [0.1, 0.15) is 12.3 Å². The summed E-state index contributed by atoms with van der Waals surface area (Å²) in [6.45, 7) is 8.23. The van der Waals surface area contributed by atoms with E-state index in [0.717, 1.165) is 25.2 Å². The summed E-state index contributed by atoms with van der Waals surface area (Å²) < 4.78 is 36.2. The highest BCUT2D eigenvalue weighted by atomic mass is 19.1. The lowest BCUT2D eigenvalue weighted by Crippen LogP contribution is -2.43. The van der Waals surface area contributed by atoms with Crippen molar-refractivity contribution in [3.63, 3.8) is 0 Å². The SMILES string of the molecule is CCC1C2CCC(C3CCC(C)CC3)C(F)C2OC1C(F)C(C)C. The Labute approximate surface area is 146 Å². The molecular weight excluding hydrogens is 306 g/mol. The van der Waals surface area contributed by atoms with E-state index in [1.807, 2.05) is 13.8 Å². The fraction of sp³-hybridized carbons (Fsp3) is 1.00. The number of rotatable bonds is 4. The van der Waals surface area contributed by atoms with Crippen LogP contribution in [-0.2, 0) is 4.74 Å². The van der Waals surface area contributed by atoms with Crippen LogP contribution in [0.15, 0.2) is 0 Å². The Morgan fingerprint density at radius 2 is 1.62 bits per heavy atom. The van der Waals surface area contributed by atoms with Gasteiger partial charge < -0.3 is 4.74 Å². The van der Waals surface area contributed by atoms with Gasteiger partial charge in [0.05, 0.1) is 12.2 Å². The third-order valence-corrected chi connectivity index (χ3v) is 7.35.